The highest BCUT2D eigenvalue weighted by Gasteiger charge is 2.27. The maximum Gasteiger partial charge on any atom is 0.275 e. The number of carbonyl (C=O) groups excluding carboxylic acids is 1. The number of amides is 1. The summed E-state index contributed by atoms with van der Waals surface area (Å²) in [6, 6.07) is 11.6. The molecule has 4 rings (SSSR count). The van der Waals surface area contributed by atoms with Crippen molar-refractivity contribution < 1.29 is 27.1 Å². The Bertz CT molecular complexity index is 1430. The minimum Gasteiger partial charge on any atom is -0.497 e. The SMILES string of the molecule is COc1cc(C)c(S(=O)(=O)N(C)Cc2nc(C(=O)N(C)Cc3ccc(CN4CCCC(OC)C4)cc3)co2)c(C)c1. The molecule has 0 spiro atoms. The molecule has 1 atom stereocenters. The quantitative estimate of drug-likeness (QED) is 0.333. The summed E-state index contributed by atoms with van der Waals surface area (Å²) in [4.78, 5) is 21.5. The molecular formula is C30H40N4O6S. The Kier molecular flexibility index (Phi) is 9.85. The Morgan fingerprint density at radius 1 is 1.07 bits per heavy atom. The van der Waals surface area contributed by atoms with Crippen molar-refractivity contribution in [1.29, 1.82) is 0 Å². The first kappa shape index (κ1) is 30.7. The largest absolute Gasteiger partial charge is 0.497 e. The fourth-order valence-electron chi connectivity index (χ4n) is 5.25. The minimum atomic E-state index is -3.84. The van der Waals surface area contributed by atoms with Crippen LogP contribution in [-0.4, -0.2) is 80.9 Å². The van der Waals surface area contributed by atoms with E-state index in [2.05, 4.69) is 22.0 Å². The van der Waals surface area contributed by atoms with Gasteiger partial charge < -0.3 is 18.8 Å². The molecule has 1 aliphatic heterocycles. The number of aryl methyl sites for hydroxylation is 2. The summed E-state index contributed by atoms with van der Waals surface area (Å²) in [5, 5.41) is 0. The number of ether oxygens (including phenoxy) is 2. The first-order chi connectivity index (χ1) is 19.5. The minimum absolute atomic E-state index is 0.117. The molecule has 0 saturated carbocycles. The van der Waals surface area contributed by atoms with Crippen LogP contribution in [0.3, 0.4) is 0 Å². The highest BCUT2D eigenvalue weighted by Crippen LogP contribution is 2.28. The lowest BCUT2D eigenvalue weighted by Gasteiger charge is -2.31. The number of hydrogen-bond donors (Lipinski definition) is 0. The van der Waals surface area contributed by atoms with E-state index in [1.54, 1.807) is 45.0 Å². The Hall–Kier alpha value is -3.25. The molecule has 0 N–H and O–H groups in total. The van der Waals surface area contributed by atoms with Crippen LogP contribution in [0, 0.1) is 13.8 Å². The predicted molar refractivity (Wildman–Crippen MR) is 155 cm³/mol. The zero-order chi connectivity index (χ0) is 29.7. The maximum absolute atomic E-state index is 13.3. The van der Waals surface area contributed by atoms with Crippen LogP contribution < -0.4 is 4.74 Å². The van der Waals surface area contributed by atoms with Gasteiger partial charge in [-0.15, -0.1) is 0 Å². The maximum atomic E-state index is 13.3. The van der Waals surface area contributed by atoms with E-state index in [0.29, 0.717) is 29.5 Å². The average molecular weight is 585 g/mol. The molecule has 0 aliphatic carbocycles. The second kappa shape index (κ2) is 13.2. The number of sulfonamides is 1. The van der Waals surface area contributed by atoms with Gasteiger partial charge >= 0.3 is 0 Å². The molecule has 2 heterocycles. The molecule has 1 fully saturated rings. The number of aromatic nitrogens is 1. The molecule has 11 heteroatoms. The molecule has 10 nitrogen and oxygen atoms in total. The van der Waals surface area contributed by atoms with Crippen molar-refractivity contribution in [3.63, 3.8) is 0 Å². The Balaban J connectivity index is 1.35. The molecular weight excluding hydrogens is 544 g/mol. The molecule has 0 bridgehead atoms. The van der Waals surface area contributed by atoms with Gasteiger partial charge in [0.1, 0.15) is 12.0 Å². The second-order valence-electron chi connectivity index (χ2n) is 10.7. The van der Waals surface area contributed by atoms with Crippen LogP contribution >= 0.6 is 0 Å². The first-order valence-corrected chi connectivity index (χ1v) is 15.1. The number of likely N-dealkylation sites (tertiary alicyclic amines) is 1. The van der Waals surface area contributed by atoms with E-state index in [9.17, 15) is 13.2 Å². The monoisotopic (exact) mass is 584 g/mol. The molecule has 1 aromatic heterocycles. The third kappa shape index (κ3) is 7.34. The van der Waals surface area contributed by atoms with E-state index in [4.69, 9.17) is 13.9 Å². The molecule has 2 aromatic carbocycles. The number of methoxy groups -OCH3 is 2. The number of benzene rings is 2. The summed E-state index contributed by atoms with van der Waals surface area (Å²) in [6.45, 7) is 6.63. The summed E-state index contributed by atoms with van der Waals surface area (Å²) in [5.74, 6) is 0.417. The Labute approximate surface area is 242 Å². The summed E-state index contributed by atoms with van der Waals surface area (Å²) in [7, 11) is 2.64. The number of oxazole rings is 1. The van der Waals surface area contributed by atoms with Crippen molar-refractivity contribution in [2.24, 2.45) is 0 Å². The molecule has 222 valence electrons. The van der Waals surface area contributed by atoms with Crippen molar-refractivity contribution in [1.82, 2.24) is 19.1 Å². The summed E-state index contributed by atoms with van der Waals surface area (Å²) in [6.07, 6.45) is 3.82. The summed E-state index contributed by atoms with van der Waals surface area (Å²) < 4.78 is 44.1. The summed E-state index contributed by atoms with van der Waals surface area (Å²) >= 11 is 0. The Morgan fingerprint density at radius 3 is 2.37 bits per heavy atom. The van der Waals surface area contributed by atoms with Crippen molar-refractivity contribution in [2.45, 2.75) is 57.3 Å². The Morgan fingerprint density at radius 2 is 1.73 bits per heavy atom. The van der Waals surface area contributed by atoms with Gasteiger partial charge in [0.25, 0.3) is 5.91 Å². The van der Waals surface area contributed by atoms with Gasteiger partial charge in [-0.3, -0.25) is 9.69 Å². The van der Waals surface area contributed by atoms with Crippen LogP contribution in [0.2, 0.25) is 0 Å². The molecule has 0 radical (unpaired) electrons. The third-order valence-electron chi connectivity index (χ3n) is 7.46. The lowest BCUT2D eigenvalue weighted by atomic mass is 10.1. The normalized spacial score (nSPS) is 16.2. The van der Waals surface area contributed by atoms with Gasteiger partial charge in [-0.1, -0.05) is 24.3 Å². The average Bonchev–Trinajstić information content (AvgIpc) is 3.41. The molecule has 41 heavy (non-hydrogen) atoms. The van der Waals surface area contributed by atoms with E-state index in [1.165, 1.54) is 30.3 Å². The first-order valence-electron chi connectivity index (χ1n) is 13.7. The highest BCUT2D eigenvalue weighted by molar-refractivity contribution is 7.89. The standard InChI is InChI=1S/C30H40N4O6S/c1-21-14-26(39-6)15-22(2)29(21)41(36,37)33(4)19-28-31-27(20-40-28)30(35)32(3)16-23-9-11-24(12-10-23)17-34-13-7-8-25(18-34)38-5/h9-12,14-15,20,25H,7-8,13,16-19H2,1-6H3. The van der Waals surface area contributed by atoms with Gasteiger partial charge in [0.15, 0.2) is 5.69 Å². The zero-order valence-corrected chi connectivity index (χ0v) is 25.5. The number of nitrogens with zero attached hydrogens (tertiary/aromatic N) is 4. The van der Waals surface area contributed by atoms with Gasteiger partial charge in [-0.2, -0.15) is 4.31 Å². The van der Waals surface area contributed by atoms with Crippen molar-refractivity contribution >= 4 is 15.9 Å². The highest BCUT2D eigenvalue weighted by atomic mass is 32.2. The van der Waals surface area contributed by atoms with Crippen LogP contribution in [-0.2, 0) is 34.4 Å². The molecule has 1 saturated heterocycles. The van der Waals surface area contributed by atoms with Gasteiger partial charge in [0, 0.05) is 40.8 Å². The topological polar surface area (TPSA) is 105 Å². The number of piperidine rings is 1. The van der Waals surface area contributed by atoms with Crippen molar-refractivity contribution in [3.05, 3.63) is 76.5 Å². The number of rotatable bonds is 11. The fraction of sp³-hybridized carbons (Fsp3) is 0.467. The van der Waals surface area contributed by atoms with Crippen LogP contribution in [0.1, 0.15) is 51.5 Å². The van der Waals surface area contributed by atoms with E-state index < -0.39 is 10.0 Å². The van der Waals surface area contributed by atoms with Gasteiger partial charge in [-0.25, -0.2) is 13.4 Å². The van der Waals surface area contributed by atoms with E-state index in [0.717, 1.165) is 38.0 Å². The van der Waals surface area contributed by atoms with Crippen LogP contribution in [0.25, 0.3) is 0 Å². The van der Waals surface area contributed by atoms with Crippen molar-refractivity contribution in [3.8, 4) is 5.75 Å². The lowest BCUT2D eigenvalue weighted by molar-refractivity contribution is 0.0285. The van der Waals surface area contributed by atoms with Crippen molar-refractivity contribution in [2.75, 3.05) is 41.4 Å². The fourth-order valence-corrected chi connectivity index (χ4v) is 6.77. The predicted octanol–water partition coefficient (Wildman–Crippen LogP) is 4.00. The van der Waals surface area contributed by atoms with Crippen LogP contribution in [0.5, 0.6) is 5.75 Å². The van der Waals surface area contributed by atoms with Gasteiger partial charge in [-0.05, 0) is 67.6 Å². The molecule has 1 unspecified atom stereocenters. The van der Waals surface area contributed by atoms with E-state index in [1.807, 2.05) is 12.1 Å². The van der Waals surface area contributed by atoms with E-state index in [-0.39, 0.29) is 28.9 Å². The second-order valence-corrected chi connectivity index (χ2v) is 12.7. The third-order valence-corrected chi connectivity index (χ3v) is 9.57. The molecule has 1 amide bonds. The molecule has 1 aliphatic rings. The van der Waals surface area contributed by atoms with Crippen LogP contribution in [0.15, 0.2) is 52.0 Å². The number of carbonyl (C=O) groups is 1. The molecule has 3 aromatic rings. The lowest BCUT2D eigenvalue weighted by Crippen LogP contribution is -2.38. The van der Waals surface area contributed by atoms with E-state index >= 15 is 0 Å². The summed E-state index contributed by atoms with van der Waals surface area (Å²) in [5.41, 5.74) is 3.51. The number of hydrogen-bond acceptors (Lipinski definition) is 8. The smallest absolute Gasteiger partial charge is 0.275 e. The van der Waals surface area contributed by atoms with Crippen LogP contribution in [0.4, 0.5) is 0 Å². The zero-order valence-electron chi connectivity index (χ0n) is 24.7. The van der Waals surface area contributed by atoms with Gasteiger partial charge in [0.2, 0.25) is 15.9 Å². The van der Waals surface area contributed by atoms with Gasteiger partial charge in [0.05, 0.1) is 24.7 Å².